The zero-order valence-corrected chi connectivity index (χ0v) is 16.5. The molecule has 26 heavy (non-hydrogen) atoms. The zero-order chi connectivity index (χ0) is 18.1. The summed E-state index contributed by atoms with van der Waals surface area (Å²) >= 11 is 1.78. The molecule has 0 aliphatic heterocycles. The van der Waals surface area contributed by atoms with Crippen LogP contribution in [0.1, 0.15) is 32.6 Å². The van der Waals surface area contributed by atoms with E-state index >= 15 is 0 Å². The number of rotatable bonds is 6. The Morgan fingerprint density at radius 3 is 2.12 bits per heavy atom. The average molecular weight is 369 g/mol. The summed E-state index contributed by atoms with van der Waals surface area (Å²) in [6, 6.07) is 17.0. The minimum Gasteiger partial charge on any atom is -0.390 e. The molecule has 4 heteroatoms. The molecule has 1 atom stereocenters. The van der Waals surface area contributed by atoms with Crippen LogP contribution in [-0.4, -0.2) is 38.4 Å². The van der Waals surface area contributed by atoms with Gasteiger partial charge in [0.1, 0.15) is 0 Å². The van der Waals surface area contributed by atoms with Gasteiger partial charge in [-0.3, -0.25) is 0 Å². The largest absolute Gasteiger partial charge is 0.390 e. The third kappa shape index (κ3) is 3.15. The number of aliphatic hydroxyl groups is 1. The van der Waals surface area contributed by atoms with Gasteiger partial charge in [-0.15, -0.1) is 0 Å². The average Bonchev–Trinajstić information content (AvgIpc) is 3.23. The van der Waals surface area contributed by atoms with Gasteiger partial charge in [0.05, 0.1) is 12.6 Å². The van der Waals surface area contributed by atoms with Gasteiger partial charge in [0, 0.05) is 33.9 Å². The van der Waals surface area contributed by atoms with Crippen LogP contribution < -0.4 is 0 Å². The normalized spacial score (nSPS) is 18.2. The molecule has 0 saturated heterocycles. The van der Waals surface area contributed by atoms with E-state index in [-0.39, 0.29) is 11.6 Å². The fourth-order valence-corrected chi connectivity index (χ4v) is 5.51. The van der Waals surface area contributed by atoms with Crippen molar-refractivity contribution in [3.05, 3.63) is 48.5 Å². The quantitative estimate of drug-likeness (QED) is 0.616. The third-order valence-corrected chi connectivity index (χ3v) is 6.98. The lowest BCUT2D eigenvalue weighted by atomic mass is 10.0. The van der Waals surface area contributed by atoms with Crippen molar-refractivity contribution in [1.29, 1.82) is 0 Å². The van der Waals surface area contributed by atoms with Crippen LogP contribution in [0.5, 0.6) is 0 Å². The lowest BCUT2D eigenvalue weighted by Crippen LogP contribution is -2.44. The van der Waals surface area contributed by atoms with Gasteiger partial charge < -0.3 is 9.67 Å². The zero-order valence-electron chi connectivity index (χ0n) is 15.7. The van der Waals surface area contributed by atoms with Crippen molar-refractivity contribution in [2.45, 2.75) is 50.8 Å². The van der Waals surface area contributed by atoms with Gasteiger partial charge in [-0.25, -0.2) is 4.31 Å². The summed E-state index contributed by atoms with van der Waals surface area (Å²) in [6.45, 7) is 3.68. The molecule has 1 saturated carbocycles. The van der Waals surface area contributed by atoms with Gasteiger partial charge >= 0.3 is 0 Å². The number of hydrogen-bond acceptors (Lipinski definition) is 3. The van der Waals surface area contributed by atoms with E-state index in [0.29, 0.717) is 13.1 Å². The van der Waals surface area contributed by atoms with Crippen LogP contribution in [0.25, 0.3) is 21.8 Å². The minimum absolute atomic E-state index is 0.223. The Balaban J connectivity index is 1.62. The van der Waals surface area contributed by atoms with E-state index in [2.05, 4.69) is 70.6 Å². The first-order valence-electron chi connectivity index (χ1n) is 9.58. The Morgan fingerprint density at radius 2 is 1.58 bits per heavy atom. The van der Waals surface area contributed by atoms with Crippen LogP contribution in [0.3, 0.4) is 0 Å². The molecule has 2 aromatic carbocycles. The summed E-state index contributed by atoms with van der Waals surface area (Å²) in [5, 5.41) is 13.5. The summed E-state index contributed by atoms with van der Waals surface area (Å²) in [4.78, 5) is 0. The highest BCUT2D eigenvalue weighted by Crippen LogP contribution is 2.38. The number of benzene rings is 2. The van der Waals surface area contributed by atoms with E-state index in [1.807, 2.05) is 0 Å². The standard InChI is InChI=1S/C22H28N2OS/c1-22(13-7-8-14-22)24(26-2)16-17(25)15-23-20-11-5-3-9-18(20)19-10-4-6-12-21(19)23/h3-6,9-12,17,25H,7-8,13-16H2,1-2H3. The van der Waals surface area contributed by atoms with Crippen LogP contribution in [0.4, 0.5) is 0 Å². The summed E-state index contributed by atoms with van der Waals surface area (Å²) in [5.41, 5.74) is 2.63. The van der Waals surface area contributed by atoms with Gasteiger partial charge in [-0.2, -0.15) is 0 Å². The molecule has 1 N–H and O–H groups in total. The minimum atomic E-state index is -0.390. The Labute approximate surface area is 160 Å². The fraction of sp³-hybridized carbons (Fsp3) is 0.455. The summed E-state index contributed by atoms with van der Waals surface area (Å²) < 4.78 is 4.70. The highest BCUT2D eigenvalue weighted by molar-refractivity contribution is 7.96. The second-order valence-electron chi connectivity index (χ2n) is 7.75. The van der Waals surface area contributed by atoms with E-state index in [1.165, 1.54) is 47.5 Å². The maximum Gasteiger partial charge on any atom is 0.0855 e. The van der Waals surface area contributed by atoms with Crippen molar-refractivity contribution in [3.63, 3.8) is 0 Å². The van der Waals surface area contributed by atoms with E-state index in [0.717, 1.165) is 0 Å². The Morgan fingerprint density at radius 1 is 1.04 bits per heavy atom. The van der Waals surface area contributed by atoms with Gasteiger partial charge in [0.25, 0.3) is 0 Å². The molecular formula is C22H28N2OS. The highest BCUT2D eigenvalue weighted by atomic mass is 32.2. The van der Waals surface area contributed by atoms with Crippen molar-refractivity contribution in [3.8, 4) is 0 Å². The summed E-state index contributed by atoms with van der Waals surface area (Å²) in [7, 11) is 0. The lowest BCUT2D eigenvalue weighted by Gasteiger charge is -2.37. The molecule has 0 spiro atoms. The molecule has 0 radical (unpaired) electrons. The number of aromatic nitrogens is 1. The van der Waals surface area contributed by atoms with E-state index in [4.69, 9.17) is 0 Å². The Kier molecular flexibility index (Phi) is 5.00. The first-order valence-corrected chi connectivity index (χ1v) is 10.8. The van der Waals surface area contributed by atoms with Gasteiger partial charge in [0.15, 0.2) is 0 Å². The number of aliphatic hydroxyl groups excluding tert-OH is 1. The van der Waals surface area contributed by atoms with Crippen LogP contribution in [0, 0.1) is 0 Å². The molecule has 138 valence electrons. The molecule has 1 heterocycles. The highest BCUT2D eigenvalue weighted by Gasteiger charge is 2.35. The molecule has 0 amide bonds. The molecule has 1 unspecified atom stereocenters. The molecule has 1 aromatic heterocycles. The molecule has 1 aliphatic carbocycles. The van der Waals surface area contributed by atoms with Crippen molar-refractivity contribution in [2.75, 3.05) is 12.8 Å². The molecule has 1 fully saturated rings. The van der Waals surface area contributed by atoms with Gasteiger partial charge in [0.2, 0.25) is 0 Å². The predicted molar refractivity (Wildman–Crippen MR) is 113 cm³/mol. The number of hydrogen-bond donors (Lipinski definition) is 1. The van der Waals surface area contributed by atoms with Crippen molar-refractivity contribution >= 4 is 33.8 Å². The fourth-order valence-electron chi connectivity index (χ4n) is 4.56. The number of fused-ring (bicyclic) bond motifs is 3. The smallest absolute Gasteiger partial charge is 0.0855 e. The van der Waals surface area contributed by atoms with Crippen molar-refractivity contribution in [2.24, 2.45) is 0 Å². The maximum atomic E-state index is 10.9. The summed E-state index contributed by atoms with van der Waals surface area (Å²) in [5.74, 6) is 0. The van der Waals surface area contributed by atoms with Crippen LogP contribution in [0.2, 0.25) is 0 Å². The topological polar surface area (TPSA) is 28.4 Å². The van der Waals surface area contributed by atoms with Gasteiger partial charge in [-0.05, 0) is 38.2 Å². The van der Waals surface area contributed by atoms with Crippen LogP contribution in [0.15, 0.2) is 48.5 Å². The number of nitrogens with zero attached hydrogens (tertiary/aromatic N) is 2. The molecule has 3 aromatic rings. The monoisotopic (exact) mass is 368 g/mol. The van der Waals surface area contributed by atoms with Gasteiger partial charge in [-0.1, -0.05) is 61.2 Å². The van der Waals surface area contributed by atoms with Crippen molar-refractivity contribution < 1.29 is 5.11 Å². The molecular weight excluding hydrogens is 340 g/mol. The third-order valence-electron chi connectivity index (χ3n) is 5.95. The second-order valence-corrected chi connectivity index (χ2v) is 8.55. The molecule has 4 rings (SSSR count). The molecule has 3 nitrogen and oxygen atoms in total. The SMILES string of the molecule is CSN(CC(O)Cn1c2ccccc2c2ccccc21)C1(C)CCCC1. The van der Waals surface area contributed by atoms with Crippen molar-refractivity contribution in [1.82, 2.24) is 8.87 Å². The van der Waals surface area contributed by atoms with E-state index < -0.39 is 0 Å². The Bertz CT molecular complexity index is 844. The Hall–Kier alpha value is -1.49. The lowest BCUT2D eigenvalue weighted by molar-refractivity contribution is 0.0997. The van der Waals surface area contributed by atoms with E-state index in [9.17, 15) is 5.11 Å². The van der Waals surface area contributed by atoms with Crippen LogP contribution >= 0.6 is 11.9 Å². The number of β-amino-alcohol motifs (C(OH)–C–C–N with tert-alkyl or cyclic N) is 1. The molecule has 1 aliphatic rings. The first-order chi connectivity index (χ1) is 12.6. The number of para-hydroxylation sites is 2. The second kappa shape index (κ2) is 7.26. The van der Waals surface area contributed by atoms with E-state index in [1.54, 1.807) is 11.9 Å². The molecule has 0 bridgehead atoms. The predicted octanol–water partition coefficient (Wildman–Crippen LogP) is 5.07. The summed E-state index contributed by atoms with van der Waals surface area (Å²) in [6.07, 6.45) is 6.81. The first kappa shape index (κ1) is 17.9. The van der Waals surface area contributed by atoms with Crippen LogP contribution in [-0.2, 0) is 6.54 Å². The maximum absolute atomic E-state index is 10.9.